The summed E-state index contributed by atoms with van der Waals surface area (Å²) in [6.45, 7) is 8.66. The van der Waals surface area contributed by atoms with Crippen molar-refractivity contribution in [3.63, 3.8) is 0 Å². The lowest BCUT2D eigenvalue weighted by atomic mass is 10.1. The van der Waals surface area contributed by atoms with Crippen LogP contribution in [0.1, 0.15) is 31.9 Å². The average Bonchev–Trinajstić information content (AvgIpc) is 3.88. The van der Waals surface area contributed by atoms with Crippen LogP contribution in [0.3, 0.4) is 0 Å². The Balaban J connectivity index is 0.925. The summed E-state index contributed by atoms with van der Waals surface area (Å²) in [6.07, 6.45) is 7.44. The second-order valence-electron chi connectivity index (χ2n) is 12.4. The molecule has 0 N–H and O–H groups in total. The highest BCUT2D eigenvalue weighted by molar-refractivity contribution is 6.35. The van der Waals surface area contributed by atoms with E-state index in [1.807, 2.05) is 54.9 Å². The molecule has 49 heavy (non-hydrogen) atoms. The number of anilines is 2. The van der Waals surface area contributed by atoms with Crippen LogP contribution in [0, 0.1) is 0 Å². The fourth-order valence-corrected chi connectivity index (χ4v) is 6.89. The van der Waals surface area contributed by atoms with Gasteiger partial charge in [-0.25, -0.2) is 19.0 Å². The minimum atomic E-state index is -1.10. The van der Waals surface area contributed by atoms with Crippen molar-refractivity contribution in [2.24, 2.45) is 0 Å². The van der Waals surface area contributed by atoms with Gasteiger partial charge in [0.15, 0.2) is 0 Å². The van der Waals surface area contributed by atoms with Gasteiger partial charge < -0.3 is 28.6 Å². The topological polar surface area (TPSA) is 91.8 Å². The molecule has 7 rings (SSSR count). The quantitative estimate of drug-likeness (QED) is 0.161. The minimum Gasteiger partial charge on any atom is -0.491 e. The monoisotopic (exact) mass is 703 g/mol. The highest BCUT2D eigenvalue weighted by Gasteiger charge is 2.45. The summed E-state index contributed by atoms with van der Waals surface area (Å²) in [5, 5.41) is 5.32. The van der Waals surface area contributed by atoms with Gasteiger partial charge in [-0.05, 0) is 74.0 Å². The SMILES string of the molecule is CCC(C)n1ncn(-c2ccc(N3CCN(c4ccc(OC[C@@H]5COC(Cn6ccnc6)(c6ccc(Cl)cc6Cl)O5)cc4)CC3)cc2)c1=O. The molecule has 0 radical (unpaired) electrons. The number of piperazine rings is 1. The summed E-state index contributed by atoms with van der Waals surface area (Å²) in [4.78, 5) is 21.7. The van der Waals surface area contributed by atoms with E-state index in [1.54, 1.807) is 40.2 Å². The zero-order valence-corrected chi connectivity index (χ0v) is 29.0. The van der Waals surface area contributed by atoms with Crippen molar-refractivity contribution >= 4 is 34.6 Å². The van der Waals surface area contributed by atoms with Gasteiger partial charge in [0.1, 0.15) is 24.8 Å². The summed E-state index contributed by atoms with van der Waals surface area (Å²) in [7, 11) is 0. The number of imidazole rings is 1. The molecule has 0 amide bonds. The number of halogens is 2. The van der Waals surface area contributed by atoms with Crippen LogP contribution in [0.4, 0.5) is 11.4 Å². The lowest BCUT2D eigenvalue weighted by molar-refractivity contribution is -0.189. The molecule has 4 heterocycles. The van der Waals surface area contributed by atoms with Crippen molar-refractivity contribution in [1.82, 2.24) is 23.9 Å². The molecular formula is C36H39Cl2N7O4. The maximum atomic E-state index is 12.8. The second kappa shape index (κ2) is 14.3. The third-order valence-electron chi connectivity index (χ3n) is 9.26. The lowest BCUT2D eigenvalue weighted by Gasteiger charge is -2.37. The molecule has 0 aliphatic carbocycles. The van der Waals surface area contributed by atoms with Crippen LogP contribution in [0.2, 0.25) is 10.0 Å². The summed E-state index contributed by atoms with van der Waals surface area (Å²) in [5.74, 6) is -0.335. The number of aromatic nitrogens is 5. The van der Waals surface area contributed by atoms with Crippen LogP contribution in [-0.4, -0.2) is 69.4 Å². The molecule has 2 unspecified atom stereocenters. The van der Waals surface area contributed by atoms with Crippen molar-refractivity contribution in [2.45, 2.75) is 44.7 Å². The maximum Gasteiger partial charge on any atom is 0.350 e. The highest BCUT2D eigenvalue weighted by atomic mass is 35.5. The van der Waals surface area contributed by atoms with Gasteiger partial charge in [-0.3, -0.25) is 0 Å². The molecule has 3 atom stereocenters. The summed E-state index contributed by atoms with van der Waals surface area (Å²) in [5.41, 5.74) is 3.70. The van der Waals surface area contributed by atoms with Crippen molar-refractivity contribution in [1.29, 1.82) is 0 Å². The number of ether oxygens (including phenoxy) is 3. The molecule has 2 aromatic heterocycles. The van der Waals surface area contributed by atoms with Crippen LogP contribution in [0.25, 0.3) is 5.69 Å². The summed E-state index contributed by atoms with van der Waals surface area (Å²) in [6, 6.07) is 21.7. The maximum absolute atomic E-state index is 12.8. The zero-order valence-electron chi connectivity index (χ0n) is 27.5. The minimum absolute atomic E-state index is 0.0662. The van der Waals surface area contributed by atoms with Gasteiger partial charge in [-0.2, -0.15) is 5.10 Å². The van der Waals surface area contributed by atoms with Gasteiger partial charge in [0.25, 0.3) is 0 Å². The molecule has 2 aliphatic rings. The summed E-state index contributed by atoms with van der Waals surface area (Å²) >= 11 is 12.8. The van der Waals surface area contributed by atoms with Gasteiger partial charge in [0.05, 0.1) is 36.2 Å². The Bertz CT molecular complexity index is 1910. The number of hydrogen-bond donors (Lipinski definition) is 0. The van der Waals surface area contributed by atoms with Gasteiger partial charge in [-0.15, -0.1) is 0 Å². The van der Waals surface area contributed by atoms with Crippen molar-refractivity contribution < 1.29 is 14.2 Å². The molecule has 3 aromatic carbocycles. The van der Waals surface area contributed by atoms with E-state index in [2.05, 4.69) is 44.1 Å². The van der Waals surface area contributed by atoms with Crippen LogP contribution in [0.5, 0.6) is 5.75 Å². The van der Waals surface area contributed by atoms with E-state index in [-0.39, 0.29) is 17.8 Å². The Morgan fingerprint density at radius 3 is 2.24 bits per heavy atom. The first-order chi connectivity index (χ1) is 23.8. The van der Waals surface area contributed by atoms with Crippen LogP contribution in [0.15, 0.2) is 96.6 Å². The first-order valence-corrected chi connectivity index (χ1v) is 17.3. The molecule has 13 heteroatoms. The Labute approximate surface area is 295 Å². The van der Waals surface area contributed by atoms with Gasteiger partial charge >= 0.3 is 5.69 Å². The van der Waals surface area contributed by atoms with E-state index in [1.165, 1.54) is 0 Å². The second-order valence-corrected chi connectivity index (χ2v) is 13.3. The van der Waals surface area contributed by atoms with E-state index in [9.17, 15) is 4.79 Å². The fraction of sp³-hybridized carbons (Fsp3) is 0.361. The van der Waals surface area contributed by atoms with Crippen molar-refractivity contribution in [2.75, 3.05) is 49.2 Å². The first kappa shape index (κ1) is 33.2. The third kappa shape index (κ3) is 7.07. The van der Waals surface area contributed by atoms with E-state index in [4.69, 9.17) is 37.4 Å². The van der Waals surface area contributed by atoms with Gasteiger partial charge in [0.2, 0.25) is 5.79 Å². The summed E-state index contributed by atoms with van der Waals surface area (Å²) < 4.78 is 24.0. The van der Waals surface area contributed by atoms with Crippen LogP contribution in [-0.2, 0) is 21.8 Å². The molecule has 0 saturated carbocycles. The largest absolute Gasteiger partial charge is 0.491 e. The molecule has 256 valence electrons. The third-order valence-corrected chi connectivity index (χ3v) is 9.81. The zero-order chi connectivity index (χ0) is 34.0. The molecule has 2 fully saturated rings. The molecule has 5 aromatic rings. The van der Waals surface area contributed by atoms with Crippen molar-refractivity contribution in [3.05, 3.63) is 118 Å². The predicted octanol–water partition coefficient (Wildman–Crippen LogP) is 6.18. The van der Waals surface area contributed by atoms with E-state index >= 15 is 0 Å². The molecule has 2 saturated heterocycles. The van der Waals surface area contributed by atoms with E-state index < -0.39 is 5.79 Å². The van der Waals surface area contributed by atoms with Gasteiger partial charge in [-0.1, -0.05) is 36.2 Å². The number of hydrogen-bond acceptors (Lipinski definition) is 8. The Kier molecular flexibility index (Phi) is 9.68. The standard InChI is InChI=1S/C36H39Cl2N7O4/c1-3-26(2)45-35(46)44(25-40-45)30-7-5-28(6-8-30)42-16-18-43(19-17-42)29-9-11-31(12-10-29)47-21-32-22-48-36(49-32,23-41-15-14-39-24-41)33-13-4-27(37)20-34(33)38/h4-15,20,24-26,32H,3,16-19,21-23H2,1-2H3/t26?,32-,36?/m1/s1. The van der Waals surface area contributed by atoms with Gasteiger partial charge in [0, 0.05) is 60.5 Å². The lowest BCUT2D eigenvalue weighted by Crippen LogP contribution is -2.46. The first-order valence-electron chi connectivity index (χ1n) is 16.5. The highest BCUT2D eigenvalue weighted by Crippen LogP contribution is 2.40. The molecule has 2 aliphatic heterocycles. The van der Waals surface area contributed by atoms with Crippen molar-refractivity contribution in [3.8, 4) is 11.4 Å². The van der Waals surface area contributed by atoms with E-state index in [0.717, 1.165) is 55.4 Å². The van der Waals surface area contributed by atoms with Crippen LogP contribution >= 0.6 is 23.2 Å². The molecule has 11 nitrogen and oxygen atoms in total. The number of nitrogens with zero attached hydrogens (tertiary/aromatic N) is 7. The van der Waals surface area contributed by atoms with Crippen LogP contribution < -0.4 is 20.2 Å². The predicted molar refractivity (Wildman–Crippen MR) is 190 cm³/mol. The molecule has 0 spiro atoms. The number of rotatable bonds is 11. The Morgan fingerprint density at radius 1 is 0.939 bits per heavy atom. The normalized spacial score (nSPS) is 20.1. The Hall–Kier alpha value is -4.29. The molecule has 0 bridgehead atoms. The molecular weight excluding hydrogens is 665 g/mol. The smallest absolute Gasteiger partial charge is 0.350 e. The number of benzene rings is 3. The van der Waals surface area contributed by atoms with E-state index in [0.29, 0.717) is 35.4 Å². The Morgan fingerprint density at radius 2 is 1.61 bits per heavy atom. The fourth-order valence-electron chi connectivity index (χ4n) is 6.33. The average molecular weight is 705 g/mol.